The van der Waals surface area contributed by atoms with Gasteiger partial charge in [0.2, 0.25) is 0 Å². The Morgan fingerprint density at radius 1 is 0.793 bits per heavy atom. The molecule has 2 aromatic rings. The van der Waals surface area contributed by atoms with E-state index < -0.39 is 6.10 Å². The van der Waals surface area contributed by atoms with E-state index >= 15 is 0 Å². The van der Waals surface area contributed by atoms with Crippen molar-refractivity contribution in [1.29, 1.82) is 0 Å². The highest BCUT2D eigenvalue weighted by Gasteiger charge is 2.48. The van der Waals surface area contributed by atoms with Gasteiger partial charge in [0.1, 0.15) is 12.2 Å². The number of carbonyl (C=O) groups is 2. The fourth-order valence-corrected chi connectivity index (χ4v) is 4.51. The fourth-order valence-electron chi connectivity index (χ4n) is 4.51. The third-order valence-corrected chi connectivity index (χ3v) is 6.27. The van der Waals surface area contributed by atoms with Crippen LogP contribution in [0.1, 0.15) is 57.5 Å². The number of esters is 2. The average Bonchev–Trinajstić information content (AvgIpc) is 2.76. The number of ether oxygens (including phenoxy) is 2. The molecule has 2 atom stereocenters. The van der Waals surface area contributed by atoms with Crippen molar-refractivity contribution in [2.75, 3.05) is 0 Å². The first-order chi connectivity index (χ1) is 14.0. The van der Waals surface area contributed by atoms with E-state index in [-0.39, 0.29) is 29.9 Å². The van der Waals surface area contributed by atoms with E-state index in [1.807, 2.05) is 31.2 Å². The Hall–Kier alpha value is -2.66. The van der Waals surface area contributed by atoms with Gasteiger partial charge in [-0.15, -0.1) is 0 Å². The van der Waals surface area contributed by atoms with Crippen LogP contribution in [0.4, 0.5) is 0 Å². The number of aryl methyl sites for hydroxylation is 1. The second-order valence-corrected chi connectivity index (χ2v) is 8.18. The van der Waals surface area contributed by atoms with E-state index in [2.05, 4.69) is 0 Å². The van der Waals surface area contributed by atoms with Gasteiger partial charge < -0.3 is 15.2 Å². The lowest BCUT2D eigenvalue weighted by Gasteiger charge is -2.46. The summed E-state index contributed by atoms with van der Waals surface area (Å²) >= 11 is 0. The number of hydrogen-bond acceptors (Lipinski definition) is 5. The van der Waals surface area contributed by atoms with Crippen LogP contribution in [0.25, 0.3) is 0 Å². The smallest absolute Gasteiger partial charge is 0.338 e. The molecule has 3 aliphatic rings. The molecule has 5 heteroatoms. The molecule has 2 unspecified atom stereocenters. The predicted octanol–water partition coefficient (Wildman–Crippen LogP) is 4.02. The molecule has 29 heavy (non-hydrogen) atoms. The van der Waals surface area contributed by atoms with E-state index in [0.29, 0.717) is 17.7 Å². The largest absolute Gasteiger partial charge is 0.455 e. The summed E-state index contributed by atoms with van der Waals surface area (Å²) in [7, 11) is 0. The molecule has 0 aromatic heterocycles. The zero-order chi connectivity index (χ0) is 20.4. The SMILES string of the molecule is Cc1ccc(C(=O)OC2C3CCC(CC3)C2OC(=O)c2ccc(CN)cc2)cc1. The highest BCUT2D eigenvalue weighted by Crippen LogP contribution is 2.44. The Morgan fingerprint density at radius 3 is 1.62 bits per heavy atom. The summed E-state index contributed by atoms with van der Waals surface area (Å²) in [6, 6.07) is 14.5. The minimum absolute atomic E-state index is 0.239. The normalized spacial score (nSPS) is 25.4. The minimum atomic E-state index is -0.390. The van der Waals surface area contributed by atoms with Gasteiger partial charge in [-0.3, -0.25) is 0 Å². The lowest BCUT2D eigenvalue weighted by Crippen LogP contribution is -2.52. The van der Waals surface area contributed by atoms with Gasteiger partial charge in [-0.2, -0.15) is 0 Å². The highest BCUT2D eigenvalue weighted by molar-refractivity contribution is 5.90. The first-order valence-corrected chi connectivity index (χ1v) is 10.3. The maximum Gasteiger partial charge on any atom is 0.338 e. The number of carbonyl (C=O) groups excluding carboxylic acids is 2. The molecular weight excluding hydrogens is 366 g/mol. The van der Waals surface area contributed by atoms with Gasteiger partial charge in [0.25, 0.3) is 0 Å². The first kappa shape index (κ1) is 19.6. The summed E-state index contributed by atoms with van der Waals surface area (Å²) in [6.45, 7) is 2.41. The monoisotopic (exact) mass is 393 g/mol. The van der Waals surface area contributed by atoms with Gasteiger partial charge in [0.05, 0.1) is 11.1 Å². The number of benzene rings is 2. The zero-order valence-electron chi connectivity index (χ0n) is 16.7. The first-order valence-electron chi connectivity index (χ1n) is 10.3. The molecule has 2 bridgehead atoms. The third-order valence-electron chi connectivity index (χ3n) is 6.27. The standard InChI is InChI=1S/C24H27NO4/c1-15-2-6-19(7-3-15)23(26)28-21-17-10-12-18(13-11-17)22(21)29-24(27)20-8-4-16(14-25)5-9-20/h2-9,17-18,21-22H,10-14,25H2,1H3. The molecule has 5 nitrogen and oxygen atoms in total. The zero-order valence-corrected chi connectivity index (χ0v) is 16.7. The van der Waals surface area contributed by atoms with Crippen molar-refractivity contribution in [3.8, 4) is 0 Å². The molecule has 3 fully saturated rings. The molecule has 0 amide bonds. The second kappa shape index (κ2) is 8.37. The topological polar surface area (TPSA) is 78.6 Å². The van der Waals surface area contributed by atoms with Gasteiger partial charge in [-0.1, -0.05) is 29.8 Å². The lowest BCUT2D eigenvalue weighted by molar-refractivity contribution is -0.121. The van der Waals surface area contributed by atoms with E-state index in [1.54, 1.807) is 24.3 Å². The summed E-state index contributed by atoms with van der Waals surface area (Å²) in [5, 5.41) is 0. The van der Waals surface area contributed by atoms with Crippen LogP contribution in [-0.4, -0.2) is 24.1 Å². The molecule has 0 aliphatic heterocycles. The molecule has 2 aromatic carbocycles. The summed E-state index contributed by atoms with van der Waals surface area (Å²) in [5.41, 5.74) is 8.69. The molecule has 152 valence electrons. The van der Waals surface area contributed by atoms with Gasteiger partial charge >= 0.3 is 11.9 Å². The van der Waals surface area contributed by atoms with Crippen molar-refractivity contribution in [2.24, 2.45) is 17.6 Å². The van der Waals surface area contributed by atoms with Crippen molar-refractivity contribution >= 4 is 11.9 Å². The predicted molar refractivity (Wildman–Crippen MR) is 109 cm³/mol. The maximum atomic E-state index is 12.7. The van der Waals surface area contributed by atoms with E-state index in [4.69, 9.17) is 15.2 Å². The van der Waals surface area contributed by atoms with E-state index in [1.165, 1.54) is 0 Å². The molecule has 3 aliphatic carbocycles. The van der Waals surface area contributed by atoms with Crippen LogP contribution < -0.4 is 5.73 Å². The molecule has 0 spiro atoms. The highest BCUT2D eigenvalue weighted by atomic mass is 16.6. The van der Waals surface area contributed by atoms with Crippen LogP contribution in [0.5, 0.6) is 0 Å². The number of fused-ring (bicyclic) bond motifs is 3. The molecule has 0 heterocycles. The number of hydrogen-bond donors (Lipinski definition) is 1. The molecule has 3 saturated carbocycles. The Kier molecular flexibility index (Phi) is 5.67. The van der Waals surface area contributed by atoms with Crippen molar-refractivity contribution in [3.05, 3.63) is 70.8 Å². The molecule has 2 N–H and O–H groups in total. The quantitative estimate of drug-likeness (QED) is 0.776. The van der Waals surface area contributed by atoms with Crippen molar-refractivity contribution in [3.63, 3.8) is 0 Å². The van der Waals surface area contributed by atoms with E-state index in [9.17, 15) is 9.59 Å². The van der Waals surface area contributed by atoms with E-state index in [0.717, 1.165) is 36.8 Å². The molecule has 5 rings (SSSR count). The summed E-state index contributed by atoms with van der Waals surface area (Å²) in [6.07, 6.45) is 3.26. The van der Waals surface area contributed by atoms with Gasteiger partial charge in [0, 0.05) is 6.54 Å². The third kappa shape index (κ3) is 4.20. The maximum absolute atomic E-state index is 12.7. The van der Waals surface area contributed by atoms with Crippen LogP contribution >= 0.6 is 0 Å². The number of nitrogens with two attached hydrogens (primary N) is 1. The Bertz CT molecular complexity index is 867. The van der Waals surface area contributed by atoms with Crippen molar-refractivity contribution in [1.82, 2.24) is 0 Å². The van der Waals surface area contributed by atoms with Crippen LogP contribution in [0, 0.1) is 18.8 Å². The van der Waals surface area contributed by atoms with Gasteiger partial charge in [-0.05, 0) is 74.3 Å². The summed E-state index contributed by atoms with van der Waals surface area (Å²) in [4.78, 5) is 25.4. The van der Waals surface area contributed by atoms with Crippen molar-refractivity contribution < 1.29 is 19.1 Å². The Balaban J connectivity index is 1.49. The molecule has 0 radical (unpaired) electrons. The van der Waals surface area contributed by atoms with Gasteiger partial charge in [0.15, 0.2) is 0 Å². The molecular formula is C24H27NO4. The summed E-state index contributed by atoms with van der Waals surface area (Å²) < 4.78 is 11.8. The fraction of sp³-hybridized carbons (Fsp3) is 0.417. The average molecular weight is 393 g/mol. The second-order valence-electron chi connectivity index (χ2n) is 8.18. The Labute approximate surface area is 171 Å². The Morgan fingerprint density at radius 2 is 1.21 bits per heavy atom. The lowest BCUT2D eigenvalue weighted by atomic mass is 9.67. The van der Waals surface area contributed by atoms with Crippen LogP contribution in [0.2, 0.25) is 0 Å². The van der Waals surface area contributed by atoms with Crippen LogP contribution in [0.15, 0.2) is 48.5 Å². The number of rotatable bonds is 5. The van der Waals surface area contributed by atoms with Crippen LogP contribution in [0.3, 0.4) is 0 Å². The van der Waals surface area contributed by atoms with Gasteiger partial charge in [-0.25, -0.2) is 9.59 Å². The molecule has 0 saturated heterocycles. The minimum Gasteiger partial charge on any atom is -0.455 e. The summed E-state index contributed by atoms with van der Waals surface area (Å²) in [5.74, 6) is -0.242. The van der Waals surface area contributed by atoms with Crippen LogP contribution in [-0.2, 0) is 16.0 Å². The van der Waals surface area contributed by atoms with Crippen molar-refractivity contribution in [2.45, 2.75) is 51.4 Å².